The Kier molecular flexibility index (Phi) is 2.60. The second kappa shape index (κ2) is 4.19. The fourth-order valence-electron chi connectivity index (χ4n) is 2.47. The molecule has 0 aliphatic heterocycles. The highest BCUT2D eigenvalue weighted by atomic mass is 19.1. The zero-order valence-electron chi connectivity index (χ0n) is 11.0. The zero-order chi connectivity index (χ0) is 14.4. The number of hydrogen-bond acceptors (Lipinski definition) is 2. The number of aryl methyl sites for hydroxylation is 2. The normalized spacial score (nSPS) is 11.2. The van der Waals surface area contributed by atoms with Crippen molar-refractivity contribution in [2.75, 3.05) is 0 Å². The van der Waals surface area contributed by atoms with Crippen molar-refractivity contribution in [1.29, 1.82) is 0 Å². The second-order valence-corrected chi connectivity index (χ2v) is 4.65. The van der Waals surface area contributed by atoms with Gasteiger partial charge in [0.1, 0.15) is 11.4 Å². The zero-order valence-corrected chi connectivity index (χ0v) is 11.0. The first-order chi connectivity index (χ1) is 9.49. The van der Waals surface area contributed by atoms with Crippen LogP contribution in [0.4, 0.5) is 4.39 Å². The van der Waals surface area contributed by atoms with Crippen molar-refractivity contribution in [3.05, 3.63) is 42.0 Å². The van der Waals surface area contributed by atoms with Crippen LogP contribution in [-0.2, 0) is 14.1 Å². The molecule has 5 nitrogen and oxygen atoms in total. The number of nitrogens with zero attached hydrogens (tertiary/aromatic N) is 3. The molecule has 0 saturated carbocycles. The summed E-state index contributed by atoms with van der Waals surface area (Å²) in [4.78, 5) is 11.3. The van der Waals surface area contributed by atoms with Crippen molar-refractivity contribution in [2.45, 2.75) is 0 Å². The van der Waals surface area contributed by atoms with E-state index in [0.29, 0.717) is 16.6 Å². The molecule has 20 heavy (non-hydrogen) atoms. The van der Waals surface area contributed by atoms with Crippen LogP contribution in [0.5, 0.6) is 0 Å². The number of benzene rings is 1. The van der Waals surface area contributed by atoms with E-state index in [9.17, 15) is 14.3 Å². The lowest BCUT2D eigenvalue weighted by Crippen LogP contribution is -2.00. The average molecular weight is 273 g/mol. The van der Waals surface area contributed by atoms with Gasteiger partial charge in [0.2, 0.25) is 0 Å². The minimum absolute atomic E-state index is 0.101. The second-order valence-electron chi connectivity index (χ2n) is 4.65. The third kappa shape index (κ3) is 1.69. The van der Waals surface area contributed by atoms with Crippen LogP contribution in [0.3, 0.4) is 0 Å². The number of hydrogen-bond donors (Lipinski definition) is 1. The van der Waals surface area contributed by atoms with Gasteiger partial charge in [-0.1, -0.05) is 0 Å². The first-order valence-electron chi connectivity index (χ1n) is 5.99. The van der Waals surface area contributed by atoms with Gasteiger partial charge in [-0.15, -0.1) is 0 Å². The standard InChI is InChI=1S/C14H12FN3O2/c1-17-7-11(9-5-8(15)3-4-12(9)17)13-10(14(19)20)6-16-18(13)2/h3-7H,1-2H3,(H,19,20). The fraction of sp³-hybridized carbons (Fsp3) is 0.143. The fourth-order valence-corrected chi connectivity index (χ4v) is 2.47. The summed E-state index contributed by atoms with van der Waals surface area (Å²) in [5.74, 6) is -1.41. The third-order valence-electron chi connectivity index (χ3n) is 3.38. The van der Waals surface area contributed by atoms with E-state index in [1.807, 2.05) is 11.6 Å². The van der Waals surface area contributed by atoms with Gasteiger partial charge < -0.3 is 9.67 Å². The van der Waals surface area contributed by atoms with E-state index in [1.165, 1.54) is 23.0 Å². The number of aromatic nitrogens is 3. The largest absolute Gasteiger partial charge is 0.478 e. The molecular weight excluding hydrogens is 261 g/mol. The number of fused-ring (bicyclic) bond motifs is 1. The summed E-state index contributed by atoms with van der Waals surface area (Å²) in [6.07, 6.45) is 3.09. The smallest absolute Gasteiger partial charge is 0.339 e. The summed E-state index contributed by atoms with van der Waals surface area (Å²) >= 11 is 0. The molecule has 0 atom stereocenters. The lowest BCUT2D eigenvalue weighted by molar-refractivity contribution is 0.0697. The van der Waals surface area contributed by atoms with Crippen LogP contribution in [0, 0.1) is 5.82 Å². The Balaban J connectivity index is 2.38. The Morgan fingerprint density at radius 3 is 2.80 bits per heavy atom. The van der Waals surface area contributed by atoms with Crippen molar-refractivity contribution in [1.82, 2.24) is 14.3 Å². The van der Waals surface area contributed by atoms with E-state index >= 15 is 0 Å². The molecule has 0 fully saturated rings. The van der Waals surface area contributed by atoms with Crippen LogP contribution >= 0.6 is 0 Å². The van der Waals surface area contributed by atoms with Gasteiger partial charge in [-0.3, -0.25) is 4.68 Å². The molecule has 102 valence electrons. The van der Waals surface area contributed by atoms with Crippen LogP contribution in [-0.4, -0.2) is 25.4 Å². The van der Waals surface area contributed by atoms with Gasteiger partial charge in [0.25, 0.3) is 0 Å². The predicted molar refractivity (Wildman–Crippen MR) is 72.0 cm³/mol. The van der Waals surface area contributed by atoms with E-state index in [4.69, 9.17) is 0 Å². The van der Waals surface area contributed by atoms with Crippen molar-refractivity contribution in [3.8, 4) is 11.3 Å². The van der Waals surface area contributed by atoms with E-state index in [-0.39, 0.29) is 11.4 Å². The molecule has 3 rings (SSSR count). The van der Waals surface area contributed by atoms with Crippen LogP contribution in [0.2, 0.25) is 0 Å². The molecule has 3 aromatic rings. The molecule has 0 unspecified atom stereocenters. The molecule has 0 spiro atoms. The molecule has 2 aromatic heterocycles. The molecule has 0 amide bonds. The maximum absolute atomic E-state index is 13.5. The van der Waals surface area contributed by atoms with Gasteiger partial charge in [-0.05, 0) is 18.2 Å². The monoisotopic (exact) mass is 273 g/mol. The van der Waals surface area contributed by atoms with Crippen molar-refractivity contribution < 1.29 is 14.3 Å². The Labute approximate surface area is 113 Å². The number of carbonyl (C=O) groups is 1. The summed E-state index contributed by atoms with van der Waals surface area (Å²) in [5.41, 5.74) is 2.05. The van der Waals surface area contributed by atoms with Crippen molar-refractivity contribution in [3.63, 3.8) is 0 Å². The Morgan fingerprint density at radius 2 is 2.10 bits per heavy atom. The number of halogens is 1. The summed E-state index contributed by atoms with van der Waals surface area (Å²) < 4.78 is 16.8. The molecule has 0 saturated heterocycles. The van der Waals surface area contributed by atoms with Crippen LogP contribution in [0.25, 0.3) is 22.2 Å². The maximum Gasteiger partial charge on any atom is 0.339 e. The van der Waals surface area contributed by atoms with Crippen LogP contribution in [0.1, 0.15) is 10.4 Å². The molecule has 0 bridgehead atoms. The predicted octanol–water partition coefficient (Wildman–Crippen LogP) is 2.42. The summed E-state index contributed by atoms with van der Waals surface area (Å²) in [6.45, 7) is 0. The highest BCUT2D eigenvalue weighted by Crippen LogP contribution is 2.32. The van der Waals surface area contributed by atoms with Gasteiger partial charge in [0.15, 0.2) is 0 Å². The number of rotatable bonds is 2. The maximum atomic E-state index is 13.5. The van der Waals surface area contributed by atoms with Crippen molar-refractivity contribution in [2.24, 2.45) is 14.1 Å². The number of carboxylic acids is 1. The highest BCUT2D eigenvalue weighted by molar-refractivity contribution is 6.02. The molecule has 0 radical (unpaired) electrons. The van der Waals surface area contributed by atoms with E-state index in [1.54, 1.807) is 19.3 Å². The SMILES string of the molecule is Cn1ncc(C(=O)O)c1-c1cn(C)c2ccc(F)cc12. The lowest BCUT2D eigenvalue weighted by Gasteiger charge is -2.02. The molecule has 6 heteroatoms. The Bertz CT molecular complexity index is 832. The summed E-state index contributed by atoms with van der Waals surface area (Å²) in [5, 5.41) is 13.9. The van der Waals surface area contributed by atoms with Crippen molar-refractivity contribution >= 4 is 16.9 Å². The van der Waals surface area contributed by atoms with Crippen LogP contribution in [0.15, 0.2) is 30.6 Å². The number of carboxylic acid groups (broad SMARTS) is 1. The Hall–Kier alpha value is -2.63. The lowest BCUT2D eigenvalue weighted by atomic mass is 10.1. The average Bonchev–Trinajstić information content (AvgIpc) is 2.90. The highest BCUT2D eigenvalue weighted by Gasteiger charge is 2.20. The minimum atomic E-state index is -1.05. The van der Waals surface area contributed by atoms with Crippen LogP contribution < -0.4 is 0 Å². The molecule has 0 aliphatic rings. The molecule has 0 aliphatic carbocycles. The molecule has 1 aromatic carbocycles. The van der Waals surface area contributed by atoms with Gasteiger partial charge in [-0.25, -0.2) is 9.18 Å². The summed E-state index contributed by atoms with van der Waals surface area (Å²) in [7, 11) is 3.50. The molecular formula is C14H12FN3O2. The van der Waals surface area contributed by atoms with Gasteiger partial charge >= 0.3 is 5.97 Å². The van der Waals surface area contributed by atoms with Gasteiger partial charge in [0, 0.05) is 36.8 Å². The van der Waals surface area contributed by atoms with E-state index in [2.05, 4.69) is 5.10 Å². The van der Waals surface area contributed by atoms with Gasteiger partial charge in [-0.2, -0.15) is 5.10 Å². The molecule has 1 N–H and O–H groups in total. The molecule has 2 heterocycles. The first kappa shape index (κ1) is 12.4. The summed E-state index contributed by atoms with van der Waals surface area (Å²) in [6, 6.07) is 4.46. The van der Waals surface area contributed by atoms with Gasteiger partial charge in [0.05, 0.1) is 11.9 Å². The minimum Gasteiger partial charge on any atom is -0.478 e. The van der Waals surface area contributed by atoms with E-state index < -0.39 is 5.97 Å². The Morgan fingerprint density at radius 1 is 1.35 bits per heavy atom. The number of aromatic carboxylic acids is 1. The third-order valence-corrected chi connectivity index (χ3v) is 3.38. The first-order valence-corrected chi connectivity index (χ1v) is 5.99. The van der Waals surface area contributed by atoms with E-state index in [0.717, 1.165) is 5.52 Å². The quantitative estimate of drug-likeness (QED) is 0.780. The topological polar surface area (TPSA) is 60.1 Å².